The van der Waals surface area contributed by atoms with Crippen molar-refractivity contribution in [1.29, 1.82) is 0 Å². The van der Waals surface area contributed by atoms with E-state index in [0.717, 1.165) is 0 Å². The summed E-state index contributed by atoms with van der Waals surface area (Å²) in [4.78, 5) is 10.8. The van der Waals surface area contributed by atoms with Gasteiger partial charge in [0.25, 0.3) is 0 Å². The average molecular weight is 225 g/mol. The Labute approximate surface area is 83.2 Å². The van der Waals surface area contributed by atoms with Crippen LogP contribution >= 0.6 is 7.75 Å². The fourth-order valence-electron chi connectivity index (χ4n) is 0.840. The molecule has 14 heavy (non-hydrogen) atoms. The van der Waals surface area contributed by atoms with Crippen molar-refractivity contribution >= 4 is 13.7 Å². The van der Waals surface area contributed by atoms with Crippen molar-refractivity contribution in [1.82, 2.24) is 5.09 Å². The maximum atomic E-state index is 11.6. The monoisotopic (exact) mass is 225 g/mol. The Morgan fingerprint density at radius 1 is 1.36 bits per heavy atom. The Morgan fingerprint density at radius 2 is 1.79 bits per heavy atom. The SMILES string of the molecule is COP(=O)(N[C@H](C(=O)O)C(C)C)OC. The Bertz CT molecular complexity index is 234. The van der Waals surface area contributed by atoms with Gasteiger partial charge in [0.1, 0.15) is 6.04 Å². The molecule has 1 atom stereocenters. The van der Waals surface area contributed by atoms with Crippen molar-refractivity contribution in [2.75, 3.05) is 14.2 Å². The number of carboxylic acid groups (broad SMARTS) is 1. The molecule has 0 radical (unpaired) electrons. The van der Waals surface area contributed by atoms with E-state index >= 15 is 0 Å². The number of hydrogen-bond acceptors (Lipinski definition) is 4. The molecule has 0 amide bonds. The van der Waals surface area contributed by atoms with Crippen LogP contribution in [-0.4, -0.2) is 31.3 Å². The minimum absolute atomic E-state index is 0.217. The molecule has 84 valence electrons. The number of hydrogen-bond donors (Lipinski definition) is 2. The van der Waals surface area contributed by atoms with Crippen molar-refractivity contribution in [2.45, 2.75) is 19.9 Å². The molecule has 0 heterocycles. The number of nitrogens with one attached hydrogen (secondary N) is 1. The molecule has 0 spiro atoms. The summed E-state index contributed by atoms with van der Waals surface area (Å²) in [6.45, 7) is 3.39. The molecule has 2 N–H and O–H groups in total. The van der Waals surface area contributed by atoms with E-state index in [1.165, 1.54) is 14.2 Å². The smallest absolute Gasteiger partial charge is 0.405 e. The lowest BCUT2D eigenvalue weighted by atomic mass is 10.1. The third-order valence-electron chi connectivity index (χ3n) is 1.71. The topological polar surface area (TPSA) is 84.9 Å². The van der Waals surface area contributed by atoms with Gasteiger partial charge in [-0.1, -0.05) is 13.8 Å². The molecule has 0 unspecified atom stereocenters. The molecule has 0 rings (SSSR count). The van der Waals surface area contributed by atoms with Crippen LogP contribution in [0, 0.1) is 5.92 Å². The molecule has 6 nitrogen and oxygen atoms in total. The molecule has 0 aromatic heterocycles. The molecule has 0 aromatic rings. The second-order valence-corrected chi connectivity index (χ2v) is 5.04. The fraction of sp³-hybridized carbons (Fsp3) is 0.857. The molecule has 0 aliphatic heterocycles. The number of carbonyl (C=O) groups is 1. The van der Waals surface area contributed by atoms with E-state index in [0.29, 0.717) is 0 Å². The van der Waals surface area contributed by atoms with Crippen molar-refractivity contribution in [3.63, 3.8) is 0 Å². The highest BCUT2D eigenvalue weighted by Gasteiger charge is 2.31. The first-order valence-corrected chi connectivity index (χ1v) is 5.62. The molecule has 0 aromatic carbocycles. The molecular weight excluding hydrogens is 209 g/mol. The molecule has 7 heteroatoms. The van der Waals surface area contributed by atoms with Crippen molar-refractivity contribution in [3.05, 3.63) is 0 Å². The molecule has 0 saturated heterocycles. The van der Waals surface area contributed by atoms with E-state index in [4.69, 9.17) is 5.11 Å². The first-order valence-electron chi connectivity index (χ1n) is 4.08. The van der Waals surface area contributed by atoms with E-state index in [-0.39, 0.29) is 5.92 Å². The maximum Gasteiger partial charge on any atom is 0.405 e. The summed E-state index contributed by atoms with van der Waals surface area (Å²) in [5, 5.41) is 11.1. The molecule has 0 aliphatic rings. The van der Waals surface area contributed by atoms with Gasteiger partial charge in [-0.15, -0.1) is 0 Å². The van der Waals surface area contributed by atoms with E-state index in [2.05, 4.69) is 14.1 Å². The van der Waals surface area contributed by atoms with Crippen LogP contribution in [0.5, 0.6) is 0 Å². The first-order chi connectivity index (χ1) is 6.36. The van der Waals surface area contributed by atoms with Crippen LogP contribution < -0.4 is 5.09 Å². The zero-order valence-electron chi connectivity index (χ0n) is 8.68. The molecule has 0 fully saturated rings. The molecule has 0 saturated carbocycles. The lowest BCUT2D eigenvalue weighted by Crippen LogP contribution is -2.39. The van der Waals surface area contributed by atoms with Gasteiger partial charge in [-0.2, -0.15) is 0 Å². The minimum Gasteiger partial charge on any atom is -0.480 e. The highest BCUT2D eigenvalue weighted by Crippen LogP contribution is 2.42. The van der Waals surface area contributed by atoms with Gasteiger partial charge in [0.2, 0.25) is 0 Å². The predicted molar refractivity (Wildman–Crippen MR) is 51.0 cm³/mol. The second-order valence-electron chi connectivity index (χ2n) is 3.05. The maximum absolute atomic E-state index is 11.6. The number of aliphatic carboxylic acids is 1. The Kier molecular flexibility index (Phi) is 5.29. The number of carboxylic acids is 1. The molecular formula is C7H16NO5P. The van der Waals surface area contributed by atoms with Crippen LogP contribution in [0.2, 0.25) is 0 Å². The first kappa shape index (κ1) is 13.6. The largest absolute Gasteiger partial charge is 0.480 e. The lowest BCUT2D eigenvalue weighted by Gasteiger charge is -2.22. The van der Waals surface area contributed by atoms with Crippen LogP contribution in [0.15, 0.2) is 0 Å². The normalized spacial score (nSPS) is 14.4. The van der Waals surface area contributed by atoms with Crippen LogP contribution in [0.3, 0.4) is 0 Å². The summed E-state index contributed by atoms with van der Waals surface area (Å²) in [6, 6.07) is -0.958. The zero-order valence-corrected chi connectivity index (χ0v) is 9.58. The third-order valence-corrected chi connectivity index (χ3v) is 3.27. The Hall–Kier alpha value is -0.420. The second kappa shape index (κ2) is 5.46. The molecule has 0 aliphatic carbocycles. The summed E-state index contributed by atoms with van der Waals surface area (Å²) < 4.78 is 20.7. The summed E-state index contributed by atoms with van der Waals surface area (Å²) in [5.41, 5.74) is 0. The minimum atomic E-state index is -3.48. The van der Waals surface area contributed by atoms with Crippen molar-refractivity contribution in [3.8, 4) is 0 Å². The van der Waals surface area contributed by atoms with Crippen LogP contribution in [0.25, 0.3) is 0 Å². The van der Waals surface area contributed by atoms with Gasteiger partial charge in [-0.25, -0.2) is 9.65 Å². The van der Waals surface area contributed by atoms with Gasteiger partial charge in [0.05, 0.1) is 0 Å². The van der Waals surface area contributed by atoms with Gasteiger partial charge in [-0.05, 0) is 5.92 Å². The lowest BCUT2D eigenvalue weighted by molar-refractivity contribution is -0.140. The summed E-state index contributed by atoms with van der Waals surface area (Å²) in [6.07, 6.45) is 0. The van der Waals surface area contributed by atoms with E-state index in [9.17, 15) is 9.36 Å². The van der Waals surface area contributed by atoms with Gasteiger partial charge in [0, 0.05) is 14.2 Å². The predicted octanol–water partition coefficient (Wildman–Crippen LogP) is 1.09. The van der Waals surface area contributed by atoms with Crippen LogP contribution in [0.1, 0.15) is 13.8 Å². The Balaban J connectivity index is 4.59. The highest BCUT2D eigenvalue weighted by atomic mass is 31.2. The van der Waals surface area contributed by atoms with E-state index in [1.807, 2.05) is 0 Å². The zero-order chi connectivity index (χ0) is 11.4. The van der Waals surface area contributed by atoms with Crippen LogP contribution in [-0.2, 0) is 18.4 Å². The highest BCUT2D eigenvalue weighted by molar-refractivity contribution is 7.51. The van der Waals surface area contributed by atoms with Crippen molar-refractivity contribution in [2.24, 2.45) is 5.92 Å². The Morgan fingerprint density at radius 3 is 2.00 bits per heavy atom. The van der Waals surface area contributed by atoms with Gasteiger partial charge in [0.15, 0.2) is 0 Å². The van der Waals surface area contributed by atoms with E-state index < -0.39 is 19.8 Å². The average Bonchev–Trinajstić information content (AvgIpc) is 2.13. The van der Waals surface area contributed by atoms with Gasteiger partial charge in [-0.3, -0.25) is 4.79 Å². The van der Waals surface area contributed by atoms with Gasteiger partial charge < -0.3 is 14.2 Å². The van der Waals surface area contributed by atoms with Gasteiger partial charge >= 0.3 is 13.7 Å². The molecule has 0 bridgehead atoms. The third kappa shape index (κ3) is 3.75. The quantitative estimate of drug-likeness (QED) is 0.658. The summed E-state index contributed by atoms with van der Waals surface area (Å²) >= 11 is 0. The number of rotatable bonds is 6. The summed E-state index contributed by atoms with van der Waals surface area (Å²) in [5.74, 6) is -1.31. The van der Waals surface area contributed by atoms with Crippen LogP contribution in [0.4, 0.5) is 0 Å². The van der Waals surface area contributed by atoms with Crippen molar-refractivity contribution < 1.29 is 23.5 Å². The van der Waals surface area contributed by atoms with E-state index in [1.54, 1.807) is 13.8 Å². The standard InChI is InChI=1S/C7H16NO5P/c1-5(2)6(7(9)10)8-14(11,12-3)13-4/h5-6H,1-4H3,(H,8,11)(H,9,10)/t6-/m0/s1. The summed E-state index contributed by atoms with van der Waals surface area (Å²) in [7, 11) is -1.09. The fourth-order valence-corrected chi connectivity index (χ4v) is 1.95.